The second-order valence-corrected chi connectivity index (χ2v) is 3.51. The SMILES string of the molecule is O[C@@H]1[C@@H]2CC=C[C@H]1CCC2. The minimum Gasteiger partial charge on any atom is -0.392 e. The Morgan fingerprint density at radius 3 is 2.90 bits per heavy atom. The molecule has 0 aromatic heterocycles. The van der Waals surface area contributed by atoms with Gasteiger partial charge >= 0.3 is 0 Å². The van der Waals surface area contributed by atoms with Crippen molar-refractivity contribution in [2.75, 3.05) is 0 Å². The maximum absolute atomic E-state index is 9.64. The third-order valence-electron chi connectivity index (χ3n) is 2.86. The molecule has 0 aromatic carbocycles. The van der Waals surface area contributed by atoms with Crippen molar-refractivity contribution in [3.8, 4) is 0 Å². The van der Waals surface area contributed by atoms with E-state index in [0.717, 1.165) is 6.42 Å². The van der Waals surface area contributed by atoms with Crippen LogP contribution in [0.25, 0.3) is 0 Å². The Kier molecular flexibility index (Phi) is 1.53. The monoisotopic (exact) mass is 138 g/mol. The minimum absolute atomic E-state index is 0.0150. The van der Waals surface area contributed by atoms with E-state index in [4.69, 9.17) is 0 Å². The van der Waals surface area contributed by atoms with E-state index in [1.54, 1.807) is 0 Å². The third-order valence-corrected chi connectivity index (χ3v) is 2.86. The Balaban J connectivity index is 2.17. The lowest BCUT2D eigenvalue weighted by Gasteiger charge is -2.35. The first-order chi connectivity index (χ1) is 4.88. The summed E-state index contributed by atoms with van der Waals surface area (Å²) in [6.45, 7) is 0. The summed E-state index contributed by atoms with van der Waals surface area (Å²) < 4.78 is 0. The van der Waals surface area contributed by atoms with Gasteiger partial charge in [0.2, 0.25) is 0 Å². The van der Waals surface area contributed by atoms with E-state index in [1.807, 2.05) is 0 Å². The van der Waals surface area contributed by atoms with Crippen LogP contribution in [0.1, 0.15) is 25.7 Å². The molecule has 1 heteroatoms. The molecule has 1 nitrogen and oxygen atoms in total. The molecule has 0 radical (unpaired) electrons. The molecular formula is C9H14O. The molecule has 1 N–H and O–H groups in total. The van der Waals surface area contributed by atoms with Crippen LogP contribution in [0.4, 0.5) is 0 Å². The molecule has 10 heavy (non-hydrogen) atoms. The molecule has 2 bridgehead atoms. The first kappa shape index (κ1) is 6.41. The Morgan fingerprint density at radius 2 is 2.20 bits per heavy atom. The lowest BCUT2D eigenvalue weighted by atomic mass is 9.74. The zero-order valence-electron chi connectivity index (χ0n) is 6.16. The summed E-state index contributed by atoms with van der Waals surface area (Å²) in [4.78, 5) is 0. The van der Waals surface area contributed by atoms with Gasteiger partial charge in [-0.3, -0.25) is 0 Å². The van der Waals surface area contributed by atoms with Crippen molar-refractivity contribution in [2.45, 2.75) is 31.8 Å². The highest BCUT2D eigenvalue weighted by atomic mass is 16.3. The molecule has 1 fully saturated rings. The number of aliphatic hydroxyl groups is 1. The zero-order valence-corrected chi connectivity index (χ0v) is 6.16. The summed E-state index contributed by atoms with van der Waals surface area (Å²) in [7, 11) is 0. The third kappa shape index (κ3) is 0.891. The molecule has 0 aromatic rings. The van der Waals surface area contributed by atoms with E-state index in [2.05, 4.69) is 12.2 Å². The van der Waals surface area contributed by atoms with E-state index < -0.39 is 0 Å². The number of aliphatic hydroxyl groups excluding tert-OH is 1. The summed E-state index contributed by atoms with van der Waals surface area (Å²) in [5.74, 6) is 1.08. The topological polar surface area (TPSA) is 20.2 Å². The normalized spacial score (nSPS) is 45.5. The highest BCUT2D eigenvalue weighted by Crippen LogP contribution is 2.35. The average Bonchev–Trinajstić information content (AvgIpc) is 1.86. The van der Waals surface area contributed by atoms with Crippen molar-refractivity contribution >= 4 is 0 Å². The average molecular weight is 138 g/mol. The van der Waals surface area contributed by atoms with Gasteiger partial charge in [-0.2, -0.15) is 0 Å². The van der Waals surface area contributed by atoms with Crippen LogP contribution in [0.2, 0.25) is 0 Å². The summed E-state index contributed by atoms with van der Waals surface area (Å²) in [6, 6.07) is 0. The van der Waals surface area contributed by atoms with Crippen molar-refractivity contribution in [1.29, 1.82) is 0 Å². The van der Waals surface area contributed by atoms with E-state index in [1.165, 1.54) is 19.3 Å². The van der Waals surface area contributed by atoms with Crippen LogP contribution in [0.5, 0.6) is 0 Å². The van der Waals surface area contributed by atoms with Crippen molar-refractivity contribution < 1.29 is 5.11 Å². The highest BCUT2D eigenvalue weighted by Gasteiger charge is 2.31. The molecule has 0 spiro atoms. The molecule has 0 heterocycles. The summed E-state index contributed by atoms with van der Waals surface area (Å²) in [5.41, 5.74) is 0. The zero-order chi connectivity index (χ0) is 6.97. The lowest BCUT2D eigenvalue weighted by molar-refractivity contribution is 0.0315. The van der Waals surface area contributed by atoms with Crippen LogP contribution >= 0.6 is 0 Å². The van der Waals surface area contributed by atoms with Crippen LogP contribution in [0.3, 0.4) is 0 Å². The van der Waals surface area contributed by atoms with Crippen molar-refractivity contribution in [3.05, 3.63) is 12.2 Å². The Hall–Kier alpha value is -0.300. The Bertz CT molecular complexity index is 151. The summed E-state index contributed by atoms with van der Waals surface area (Å²) >= 11 is 0. The van der Waals surface area contributed by atoms with E-state index in [-0.39, 0.29) is 6.10 Å². The molecule has 2 aliphatic rings. The van der Waals surface area contributed by atoms with Gasteiger partial charge in [0, 0.05) is 5.92 Å². The van der Waals surface area contributed by atoms with Gasteiger partial charge in [-0.15, -0.1) is 0 Å². The van der Waals surface area contributed by atoms with Gasteiger partial charge in [-0.1, -0.05) is 18.6 Å². The molecule has 1 saturated carbocycles. The molecule has 0 saturated heterocycles. The van der Waals surface area contributed by atoms with Gasteiger partial charge in [0.15, 0.2) is 0 Å². The molecule has 0 unspecified atom stereocenters. The first-order valence-corrected chi connectivity index (χ1v) is 4.22. The summed E-state index contributed by atoms with van der Waals surface area (Å²) in [6.07, 6.45) is 9.28. The molecule has 3 atom stereocenters. The number of allylic oxidation sites excluding steroid dienone is 1. The fourth-order valence-corrected chi connectivity index (χ4v) is 2.20. The van der Waals surface area contributed by atoms with Crippen molar-refractivity contribution in [3.63, 3.8) is 0 Å². The quantitative estimate of drug-likeness (QED) is 0.505. The second-order valence-electron chi connectivity index (χ2n) is 3.51. The van der Waals surface area contributed by atoms with Crippen molar-refractivity contribution in [1.82, 2.24) is 0 Å². The minimum atomic E-state index is -0.0150. The van der Waals surface area contributed by atoms with E-state index in [9.17, 15) is 5.11 Å². The standard InChI is InChI=1S/C9H14O/c10-9-7-3-1-4-8(9)6-2-5-7/h1,3,7-10H,2,4-6H2/t7-,8+,9-/m0/s1. The molecule has 0 aliphatic heterocycles. The van der Waals surface area contributed by atoms with Crippen LogP contribution < -0.4 is 0 Å². The maximum atomic E-state index is 9.64. The van der Waals surface area contributed by atoms with Crippen molar-refractivity contribution in [2.24, 2.45) is 11.8 Å². The van der Waals surface area contributed by atoms with Gasteiger partial charge in [0.05, 0.1) is 6.10 Å². The van der Waals surface area contributed by atoms with Gasteiger partial charge in [0.1, 0.15) is 0 Å². The fourth-order valence-electron chi connectivity index (χ4n) is 2.20. The van der Waals surface area contributed by atoms with Gasteiger partial charge in [-0.05, 0) is 25.2 Å². The van der Waals surface area contributed by atoms with Crippen LogP contribution in [-0.2, 0) is 0 Å². The van der Waals surface area contributed by atoms with Crippen LogP contribution in [0.15, 0.2) is 12.2 Å². The summed E-state index contributed by atoms with van der Waals surface area (Å²) in [5, 5.41) is 9.64. The smallest absolute Gasteiger partial charge is 0.0633 e. The van der Waals surface area contributed by atoms with Crippen LogP contribution in [0, 0.1) is 11.8 Å². The van der Waals surface area contributed by atoms with Gasteiger partial charge in [0.25, 0.3) is 0 Å². The molecule has 2 rings (SSSR count). The molecule has 2 aliphatic carbocycles. The molecular weight excluding hydrogens is 124 g/mol. The second kappa shape index (κ2) is 2.39. The molecule has 0 amide bonds. The van der Waals surface area contributed by atoms with Gasteiger partial charge < -0.3 is 5.11 Å². The molecule has 56 valence electrons. The predicted octanol–water partition coefficient (Wildman–Crippen LogP) is 1.72. The Morgan fingerprint density at radius 1 is 1.30 bits per heavy atom. The predicted molar refractivity (Wildman–Crippen MR) is 40.6 cm³/mol. The largest absolute Gasteiger partial charge is 0.392 e. The number of fused-ring (bicyclic) bond motifs is 2. The number of hydrogen-bond donors (Lipinski definition) is 1. The lowest BCUT2D eigenvalue weighted by Crippen LogP contribution is -2.34. The van der Waals surface area contributed by atoms with Crippen LogP contribution in [-0.4, -0.2) is 11.2 Å². The number of hydrogen-bond acceptors (Lipinski definition) is 1. The first-order valence-electron chi connectivity index (χ1n) is 4.22. The highest BCUT2D eigenvalue weighted by molar-refractivity contribution is 5.03. The van der Waals surface area contributed by atoms with Gasteiger partial charge in [-0.25, -0.2) is 0 Å². The van der Waals surface area contributed by atoms with E-state index >= 15 is 0 Å². The Labute approximate surface area is 61.8 Å². The van der Waals surface area contributed by atoms with E-state index in [0.29, 0.717) is 11.8 Å². The maximum Gasteiger partial charge on any atom is 0.0633 e. The fraction of sp³-hybridized carbons (Fsp3) is 0.778. The number of rotatable bonds is 0.